The summed E-state index contributed by atoms with van der Waals surface area (Å²) in [6, 6.07) is 11.4. The molecule has 0 atom stereocenters. The molecule has 1 fully saturated rings. The molecule has 0 radical (unpaired) electrons. The van der Waals surface area contributed by atoms with E-state index in [1.807, 2.05) is 0 Å². The van der Waals surface area contributed by atoms with Crippen LogP contribution < -0.4 is 5.43 Å². The van der Waals surface area contributed by atoms with Crippen molar-refractivity contribution in [2.75, 3.05) is 0 Å². The standard InChI is InChI=1S/C17H9Cl3N2O2S2/c18-11-3-1-2-10(8-11)15(23)21-22-16(24)14(26-17(22)25)7-9-4-5-12(19)13(20)6-9/h1-8H,(H,21,23)/b14-7-. The van der Waals surface area contributed by atoms with Gasteiger partial charge < -0.3 is 0 Å². The van der Waals surface area contributed by atoms with Crippen LogP contribution in [0.15, 0.2) is 47.4 Å². The van der Waals surface area contributed by atoms with Crippen molar-refractivity contribution in [3.8, 4) is 0 Å². The molecular formula is C17H9Cl3N2O2S2. The molecule has 9 heteroatoms. The number of nitrogens with one attached hydrogen (secondary N) is 1. The summed E-state index contributed by atoms with van der Waals surface area (Å²) in [4.78, 5) is 25.2. The van der Waals surface area contributed by atoms with Crippen molar-refractivity contribution in [2.45, 2.75) is 0 Å². The number of rotatable bonds is 3. The van der Waals surface area contributed by atoms with Gasteiger partial charge in [-0.3, -0.25) is 15.0 Å². The molecule has 4 nitrogen and oxygen atoms in total. The van der Waals surface area contributed by atoms with Gasteiger partial charge in [0.25, 0.3) is 11.8 Å². The van der Waals surface area contributed by atoms with Crippen LogP contribution in [0, 0.1) is 0 Å². The van der Waals surface area contributed by atoms with Crippen LogP contribution in [-0.4, -0.2) is 21.1 Å². The smallest absolute Gasteiger partial charge is 0.267 e. The first-order chi connectivity index (χ1) is 12.3. The van der Waals surface area contributed by atoms with Crippen molar-refractivity contribution >= 4 is 81.0 Å². The van der Waals surface area contributed by atoms with Gasteiger partial charge in [-0.1, -0.05) is 58.7 Å². The molecule has 0 unspecified atom stereocenters. The summed E-state index contributed by atoms with van der Waals surface area (Å²) in [6.07, 6.45) is 1.63. The molecular weight excluding hydrogens is 435 g/mol. The maximum Gasteiger partial charge on any atom is 0.285 e. The van der Waals surface area contributed by atoms with E-state index in [0.717, 1.165) is 16.8 Å². The van der Waals surface area contributed by atoms with Gasteiger partial charge in [-0.15, -0.1) is 0 Å². The molecule has 3 rings (SSSR count). The van der Waals surface area contributed by atoms with Crippen LogP contribution >= 0.6 is 58.8 Å². The summed E-state index contributed by atoms with van der Waals surface area (Å²) in [7, 11) is 0. The number of halogens is 3. The second-order valence-corrected chi connectivity index (χ2v) is 8.07. The van der Waals surface area contributed by atoms with Gasteiger partial charge in [-0.2, -0.15) is 5.01 Å². The van der Waals surface area contributed by atoms with Crippen LogP contribution in [0.2, 0.25) is 15.1 Å². The average Bonchev–Trinajstić information content (AvgIpc) is 2.85. The molecule has 1 heterocycles. The average molecular weight is 444 g/mol. The number of nitrogens with zero attached hydrogens (tertiary/aromatic N) is 1. The van der Waals surface area contributed by atoms with Crippen molar-refractivity contribution < 1.29 is 9.59 Å². The highest BCUT2D eigenvalue weighted by atomic mass is 35.5. The monoisotopic (exact) mass is 442 g/mol. The number of carbonyl (C=O) groups excluding carboxylic acids is 2. The first-order valence-corrected chi connectivity index (χ1v) is 9.50. The Kier molecular flexibility index (Phi) is 5.89. The van der Waals surface area contributed by atoms with E-state index in [0.29, 0.717) is 31.1 Å². The lowest BCUT2D eigenvalue weighted by atomic mass is 10.2. The lowest BCUT2D eigenvalue weighted by Gasteiger charge is -2.15. The fourth-order valence-corrected chi connectivity index (χ4v) is 3.79. The van der Waals surface area contributed by atoms with E-state index in [4.69, 9.17) is 47.0 Å². The highest BCUT2D eigenvalue weighted by molar-refractivity contribution is 8.26. The first-order valence-electron chi connectivity index (χ1n) is 7.15. The predicted molar refractivity (Wildman–Crippen MR) is 110 cm³/mol. The molecule has 0 saturated carbocycles. The van der Waals surface area contributed by atoms with E-state index in [-0.39, 0.29) is 4.32 Å². The molecule has 1 aliphatic heterocycles. The van der Waals surface area contributed by atoms with Gasteiger partial charge in [-0.05, 0) is 54.2 Å². The van der Waals surface area contributed by atoms with E-state index < -0.39 is 11.8 Å². The Bertz CT molecular complexity index is 963. The number of benzene rings is 2. The fourth-order valence-electron chi connectivity index (χ4n) is 2.11. The van der Waals surface area contributed by atoms with Crippen molar-refractivity contribution in [3.63, 3.8) is 0 Å². The zero-order valence-electron chi connectivity index (χ0n) is 12.8. The third-order valence-corrected chi connectivity index (χ3v) is 5.61. The van der Waals surface area contributed by atoms with Crippen LogP contribution in [0.3, 0.4) is 0 Å². The minimum Gasteiger partial charge on any atom is -0.267 e. The highest BCUT2D eigenvalue weighted by Gasteiger charge is 2.33. The molecule has 1 N–H and O–H groups in total. The Morgan fingerprint density at radius 2 is 1.88 bits per heavy atom. The molecule has 0 bridgehead atoms. The first kappa shape index (κ1) is 19.2. The molecule has 1 saturated heterocycles. The molecule has 26 heavy (non-hydrogen) atoms. The minimum absolute atomic E-state index is 0.219. The molecule has 2 aromatic carbocycles. The number of amides is 2. The van der Waals surface area contributed by atoms with E-state index in [2.05, 4.69) is 5.43 Å². The van der Waals surface area contributed by atoms with Gasteiger partial charge in [-0.25, -0.2) is 0 Å². The highest BCUT2D eigenvalue weighted by Crippen LogP contribution is 2.32. The van der Waals surface area contributed by atoms with Crippen molar-refractivity contribution in [1.82, 2.24) is 10.4 Å². The van der Waals surface area contributed by atoms with Gasteiger partial charge in [0.2, 0.25) is 0 Å². The van der Waals surface area contributed by atoms with E-state index in [1.165, 1.54) is 6.07 Å². The normalized spacial score (nSPS) is 15.7. The van der Waals surface area contributed by atoms with E-state index >= 15 is 0 Å². The number of thioether (sulfide) groups is 1. The van der Waals surface area contributed by atoms with Crippen LogP contribution in [0.1, 0.15) is 15.9 Å². The molecule has 0 aromatic heterocycles. The Hall–Kier alpha value is -1.57. The Morgan fingerprint density at radius 3 is 2.58 bits per heavy atom. The van der Waals surface area contributed by atoms with Crippen LogP contribution in [-0.2, 0) is 4.79 Å². The van der Waals surface area contributed by atoms with Crippen LogP contribution in [0.4, 0.5) is 0 Å². The quantitative estimate of drug-likeness (QED) is 0.524. The minimum atomic E-state index is -0.486. The molecule has 0 aliphatic carbocycles. The Labute approximate surface area is 174 Å². The maximum atomic E-state index is 12.6. The van der Waals surface area contributed by atoms with Crippen molar-refractivity contribution in [2.24, 2.45) is 0 Å². The van der Waals surface area contributed by atoms with Gasteiger partial charge in [0, 0.05) is 10.6 Å². The Balaban J connectivity index is 1.79. The molecule has 2 amide bonds. The fraction of sp³-hybridized carbons (Fsp3) is 0. The summed E-state index contributed by atoms with van der Waals surface area (Å²) in [5.41, 5.74) is 3.51. The second kappa shape index (κ2) is 7.98. The second-order valence-electron chi connectivity index (χ2n) is 5.14. The maximum absolute atomic E-state index is 12.6. The predicted octanol–water partition coefficient (Wildman–Crippen LogP) is 5.19. The van der Waals surface area contributed by atoms with Crippen LogP contribution in [0.5, 0.6) is 0 Å². The van der Waals surface area contributed by atoms with E-state index in [9.17, 15) is 9.59 Å². The van der Waals surface area contributed by atoms with Gasteiger partial charge in [0.1, 0.15) is 0 Å². The van der Waals surface area contributed by atoms with Crippen molar-refractivity contribution in [1.29, 1.82) is 0 Å². The lowest BCUT2D eigenvalue weighted by molar-refractivity contribution is -0.123. The largest absolute Gasteiger partial charge is 0.285 e. The number of thiocarbonyl (C=S) groups is 1. The zero-order chi connectivity index (χ0) is 18.8. The third-order valence-electron chi connectivity index (χ3n) is 3.34. The van der Waals surface area contributed by atoms with Gasteiger partial charge in [0.05, 0.1) is 15.0 Å². The summed E-state index contributed by atoms with van der Waals surface area (Å²) >= 11 is 24.0. The number of hydrogen-bond acceptors (Lipinski definition) is 4. The summed E-state index contributed by atoms with van der Waals surface area (Å²) in [6.45, 7) is 0. The third kappa shape index (κ3) is 4.22. The SMILES string of the molecule is O=C(NN1C(=O)/C(=C/c2ccc(Cl)c(Cl)c2)SC1=S)c1cccc(Cl)c1. The summed E-state index contributed by atoms with van der Waals surface area (Å²) < 4.78 is 0.219. The lowest BCUT2D eigenvalue weighted by Crippen LogP contribution is -2.44. The molecule has 1 aliphatic rings. The van der Waals surface area contributed by atoms with Crippen LogP contribution in [0.25, 0.3) is 6.08 Å². The van der Waals surface area contributed by atoms with Crippen molar-refractivity contribution in [3.05, 3.63) is 73.6 Å². The summed E-state index contributed by atoms with van der Waals surface area (Å²) in [5, 5.41) is 2.25. The number of hydrazine groups is 1. The molecule has 0 spiro atoms. The Morgan fingerprint density at radius 1 is 1.12 bits per heavy atom. The zero-order valence-corrected chi connectivity index (χ0v) is 16.7. The molecule has 132 valence electrons. The van der Waals surface area contributed by atoms with E-state index in [1.54, 1.807) is 42.5 Å². The molecule has 2 aromatic rings. The topological polar surface area (TPSA) is 49.4 Å². The van der Waals surface area contributed by atoms with Gasteiger partial charge in [0.15, 0.2) is 4.32 Å². The number of carbonyl (C=O) groups is 2. The van der Waals surface area contributed by atoms with Gasteiger partial charge >= 0.3 is 0 Å². The summed E-state index contributed by atoms with van der Waals surface area (Å²) in [5.74, 6) is -0.916. The number of hydrogen-bond donors (Lipinski definition) is 1.